The lowest BCUT2D eigenvalue weighted by molar-refractivity contribution is 0.0695. The van der Waals surface area contributed by atoms with Crippen LogP contribution in [-0.2, 0) is 0 Å². The molecule has 0 amide bonds. The van der Waals surface area contributed by atoms with Crippen molar-refractivity contribution in [1.82, 2.24) is 0 Å². The molecule has 0 saturated carbocycles. The van der Waals surface area contributed by atoms with Gasteiger partial charge in [-0.1, -0.05) is 0 Å². The summed E-state index contributed by atoms with van der Waals surface area (Å²) in [6, 6.07) is 4.91. The van der Waals surface area contributed by atoms with E-state index in [4.69, 9.17) is 9.84 Å². The van der Waals surface area contributed by atoms with E-state index in [9.17, 15) is 4.79 Å². The summed E-state index contributed by atoms with van der Waals surface area (Å²) in [6.07, 6.45) is 0.0396. The van der Waals surface area contributed by atoms with E-state index < -0.39 is 5.97 Å². The van der Waals surface area contributed by atoms with Gasteiger partial charge in [0.1, 0.15) is 5.75 Å². The van der Waals surface area contributed by atoms with Crippen LogP contribution in [0.2, 0.25) is 0 Å². The minimum atomic E-state index is -0.967. The maximum atomic E-state index is 10.8. The van der Waals surface area contributed by atoms with Crippen molar-refractivity contribution < 1.29 is 14.6 Å². The van der Waals surface area contributed by atoms with E-state index in [2.05, 4.69) is 15.9 Å². The predicted octanol–water partition coefficient (Wildman–Crippen LogP) is 2.93. The summed E-state index contributed by atoms with van der Waals surface area (Å²) in [5.74, 6) is -0.397. The molecule has 0 fully saturated rings. The minimum absolute atomic E-state index is 0.0396. The van der Waals surface area contributed by atoms with Crippen LogP contribution in [0.25, 0.3) is 0 Å². The zero-order valence-corrected chi connectivity index (χ0v) is 9.54. The molecule has 1 N–H and O–H groups in total. The summed E-state index contributed by atoms with van der Waals surface area (Å²) in [6.45, 7) is 3.78. The largest absolute Gasteiger partial charge is 0.491 e. The highest BCUT2D eigenvalue weighted by molar-refractivity contribution is 9.10. The SMILES string of the molecule is CC(C)Oc1ccc(Br)c(C(=O)O)c1. The van der Waals surface area contributed by atoms with Crippen LogP contribution in [0.15, 0.2) is 22.7 Å². The number of rotatable bonds is 3. The van der Waals surface area contributed by atoms with Gasteiger partial charge in [0, 0.05) is 4.47 Å². The zero-order valence-electron chi connectivity index (χ0n) is 7.95. The molecule has 1 aromatic carbocycles. The number of hydrogen-bond acceptors (Lipinski definition) is 2. The molecule has 0 bridgehead atoms. The number of aromatic carboxylic acids is 1. The Hall–Kier alpha value is -1.03. The van der Waals surface area contributed by atoms with Gasteiger partial charge in [-0.2, -0.15) is 0 Å². The average molecular weight is 259 g/mol. The predicted molar refractivity (Wildman–Crippen MR) is 56.9 cm³/mol. The smallest absolute Gasteiger partial charge is 0.336 e. The Bertz CT molecular complexity index is 347. The first-order valence-electron chi connectivity index (χ1n) is 4.20. The zero-order chi connectivity index (χ0) is 10.7. The van der Waals surface area contributed by atoms with E-state index in [1.807, 2.05) is 13.8 Å². The van der Waals surface area contributed by atoms with E-state index in [-0.39, 0.29) is 11.7 Å². The first kappa shape index (κ1) is 11.0. The molecular formula is C10H11BrO3. The normalized spacial score (nSPS) is 10.3. The molecule has 14 heavy (non-hydrogen) atoms. The summed E-state index contributed by atoms with van der Waals surface area (Å²) >= 11 is 3.16. The molecule has 0 spiro atoms. The van der Waals surface area contributed by atoms with Crippen LogP contribution in [0.5, 0.6) is 5.75 Å². The van der Waals surface area contributed by atoms with E-state index in [0.29, 0.717) is 10.2 Å². The second kappa shape index (κ2) is 4.46. The van der Waals surface area contributed by atoms with Crippen molar-refractivity contribution in [3.05, 3.63) is 28.2 Å². The lowest BCUT2D eigenvalue weighted by Gasteiger charge is -2.10. The highest BCUT2D eigenvalue weighted by Crippen LogP contribution is 2.23. The standard InChI is InChI=1S/C10H11BrO3/c1-6(2)14-7-3-4-9(11)8(5-7)10(12)13/h3-6H,1-2H3,(H,12,13). The molecule has 76 valence electrons. The lowest BCUT2D eigenvalue weighted by atomic mass is 10.2. The number of hydrogen-bond donors (Lipinski definition) is 1. The summed E-state index contributed by atoms with van der Waals surface area (Å²) in [7, 11) is 0. The monoisotopic (exact) mass is 258 g/mol. The van der Waals surface area contributed by atoms with Gasteiger partial charge < -0.3 is 9.84 Å². The van der Waals surface area contributed by atoms with E-state index in [1.165, 1.54) is 6.07 Å². The fourth-order valence-electron chi connectivity index (χ4n) is 1.01. The van der Waals surface area contributed by atoms with Gasteiger partial charge in [-0.3, -0.25) is 0 Å². The quantitative estimate of drug-likeness (QED) is 0.907. The third kappa shape index (κ3) is 2.73. The minimum Gasteiger partial charge on any atom is -0.491 e. The molecule has 0 radical (unpaired) electrons. The second-order valence-electron chi connectivity index (χ2n) is 3.11. The van der Waals surface area contributed by atoms with Gasteiger partial charge in [0.2, 0.25) is 0 Å². The molecule has 0 unspecified atom stereocenters. The van der Waals surface area contributed by atoms with Crippen molar-refractivity contribution in [2.75, 3.05) is 0 Å². The fourth-order valence-corrected chi connectivity index (χ4v) is 1.43. The van der Waals surface area contributed by atoms with Crippen LogP contribution in [0.4, 0.5) is 0 Å². The molecule has 1 rings (SSSR count). The van der Waals surface area contributed by atoms with Crippen molar-refractivity contribution in [3.8, 4) is 5.75 Å². The van der Waals surface area contributed by atoms with Crippen molar-refractivity contribution >= 4 is 21.9 Å². The molecule has 0 aliphatic carbocycles. The lowest BCUT2D eigenvalue weighted by Crippen LogP contribution is -2.06. The molecular weight excluding hydrogens is 248 g/mol. The van der Waals surface area contributed by atoms with Gasteiger partial charge >= 0.3 is 5.97 Å². The molecule has 0 aliphatic heterocycles. The molecule has 3 nitrogen and oxygen atoms in total. The number of ether oxygens (including phenoxy) is 1. The first-order chi connectivity index (χ1) is 6.50. The third-order valence-electron chi connectivity index (χ3n) is 1.54. The molecule has 0 saturated heterocycles. The maximum absolute atomic E-state index is 10.8. The highest BCUT2D eigenvalue weighted by Gasteiger charge is 2.09. The van der Waals surface area contributed by atoms with Gasteiger partial charge in [-0.15, -0.1) is 0 Å². The van der Waals surface area contributed by atoms with Crippen LogP contribution >= 0.6 is 15.9 Å². The van der Waals surface area contributed by atoms with Crippen molar-refractivity contribution in [2.24, 2.45) is 0 Å². The second-order valence-corrected chi connectivity index (χ2v) is 3.97. The molecule has 0 aromatic heterocycles. The Morgan fingerprint density at radius 1 is 1.50 bits per heavy atom. The Kier molecular flexibility index (Phi) is 3.52. The van der Waals surface area contributed by atoms with Crippen LogP contribution < -0.4 is 4.74 Å². The maximum Gasteiger partial charge on any atom is 0.336 e. The Morgan fingerprint density at radius 2 is 2.14 bits per heavy atom. The van der Waals surface area contributed by atoms with Crippen molar-refractivity contribution in [1.29, 1.82) is 0 Å². The molecule has 0 aliphatic rings. The van der Waals surface area contributed by atoms with Crippen molar-refractivity contribution in [2.45, 2.75) is 20.0 Å². The number of carbonyl (C=O) groups is 1. The number of benzene rings is 1. The van der Waals surface area contributed by atoms with Crippen LogP contribution in [0.3, 0.4) is 0 Å². The van der Waals surface area contributed by atoms with Crippen LogP contribution in [0.1, 0.15) is 24.2 Å². The molecule has 0 atom stereocenters. The summed E-state index contributed by atoms with van der Waals surface area (Å²) < 4.78 is 5.93. The topological polar surface area (TPSA) is 46.5 Å². The Balaban J connectivity index is 3.00. The third-order valence-corrected chi connectivity index (χ3v) is 2.23. The summed E-state index contributed by atoms with van der Waals surface area (Å²) in [5, 5.41) is 8.84. The van der Waals surface area contributed by atoms with Gasteiger partial charge in [0.05, 0.1) is 11.7 Å². The Labute approximate surface area is 90.8 Å². The van der Waals surface area contributed by atoms with Gasteiger partial charge in [0.15, 0.2) is 0 Å². The molecule has 0 heterocycles. The van der Waals surface area contributed by atoms with E-state index >= 15 is 0 Å². The van der Waals surface area contributed by atoms with Gasteiger partial charge in [0.25, 0.3) is 0 Å². The number of halogens is 1. The average Bonchev–Trinajstić information content (AvgIpc) is 2.07. The molecule has 4 heteroatoms. The van der Waals surface area contributed by atoms with Crippen LogP contribution in [-0.4, -0.2) is 17.2 Å². The molecule has 1 aromatic rings. The number of carboxylic acids is 1. The first-order valence-corrected chi connectivity index (χ1v) is 4.99. The Morgan fingerprint density at radius 3 is 2.64 bits per heavy atom. The van der Waals surface area contributed by atoms with E-state index in [0.717, 1.165) is 0 Å². The van der Waals surface area contributed by atoms with Gasteiger partial charge in [-0.25, -0.2) is 4.79 Å². The fraction of sp³-hybridized carbons (Fsp3) is 0.300. The number of carboxylic acid groups (broad SMARTS) is 1. The van der Waals surface area contributed by atoms with Crippen molar-refractivity contribution in [3.63, 3.8) is 0 Å². The summed E-state index contributed by atoms with van der Waals surface area (Å²) in [4.78, 5) is 10.8. The van der Waals surface area contributed by atoms with E-state index in [1.54, 1.807) is 12.1 Å². The highest BCUT2D eigenvalue weighted by atomic mass is 79.9. The van der Waals surface area contributed by atoms with Crippen LogP contribution in [0, 0.1) is 0 Å². The van der Waals surface area contributed by atoms with Gasteiger partial charge in [-0.05, 0) is 48.0 Å². The summed E-state index contributed by atoms with van der Waals surface area (Å²) in [5.41, 5.74) is 0.211.